The fourth-order valence-corrected chi connectivity index (χ4v) is 4.39. The summed E-state index contributed by atoms with van der Waals surface area (Å²) >= 11 is 0. The Bertz CT molecular complexity index is 1160. The highest BCUT2D eigenvalue weighted by Gasteiger charge is 2.40. The number of aryl methyl sites for hydroxylation is 1. The lowest BCUT2D eigenvalue weighted by molar-refractivity contribution is 0.313. The van der Waals surface area contributed by atoms with Crippen molar-refractivity contribution in [1.82, 2.24) is 25.1 Å². The average Bonchev–Trinajstić information content (AvgIpc) is 3.32. The Kier molecular flexibility index (Phi) is 4.94. The number of nitrogens with zero attached hydrogens (tertiary/aromatic N) is 5. The van der Waals surface area contributed by atoms with E-state index < -0.39 is 0 Å². The number of nitrogen functional groups attached to an aromatic ring is 1. The Hall–Kier alpha value is -3.61. The number of anilines is 1. The van der Waals surface area contributed by atoms with Crippen molar-refractivity contribution in [2.24, 2.45) is 0 Å². The van der Waals surface area contributed by atoms with Crippen molar-refractivity contribution < 1.29 is 4.52 Å². The van der Waals surface area contributed by atoms with Gasteiger partial charge in [0.15, 0.2) is 5.82 Å². The number of pyridine rings is 1. The first kappa shape index (κ1) is 19.4. The van der Waals surface area contributed by atoms with E-state index in [1.807, 2.05) is 19.1 Å². The third kappa shape index (κ3) is 3.67. The van der Waals surface area contributed by atoms with Gasteiger partial charge in [-0.2, -0.15) is 4.98 Å². The van der Waals surface area contributed by atoms with Crippen LogP contribution in [0, 0.1) is 6.92 Å². The van der Waals surface area contributed by atoms with Gasteiger partial charge in [-0.05, 0) is 43.0 Å². The van der Waals surface area contributed by atoms with Crippen LogP contribution in [0.5, 0.6) is 0 Å². The van der Waals surface area contributed by atoms with Gasteiger partial charge in [-0.3, -0.25) is 4.98 Å². The van der Waals surface area contributed by atoms with Crippen LogP contribution in [0.4, 0.5) is 5.95 Å². The van der Waals surface area contributed by atoms with Gasteiger partial charge in [0.2, 0.25) is 5.95 Å². The first-order valence-corrected chi connectivity index (χ1v) is 10.6. The minimum Gasteiger partial charge on any atom is -0.368 e. The molecule has 4 aromatic rings. The van der Waals surface area contributed by atoms with Crippen molar-refractivity contribution in [3.63, 3.8) is 0 Å². The smallest absolute Gasteiger partial charge is 0.259 e. The zero-order chi connectivity index (χ0) is 21.3. The highest BCUT2D eigenvalue weighted by molar-refractivity contribution is 5.62. The van der Waals surface area contributed by atoms with Crippen LogP contribution >= 0.6 is 0 Å². The summed E-state index contributed by atoms with van der Waals surface area (Å²) in [5.74, 6) is 1.55. The largest absolute Gasteiger partial charge is 0.368 e. The van der Waals surface area contributed by atoms with E-state index in [0.717, 1.165) is 53.9 Å². The van der Waals surface area contributed by atoms with Crippen molar-refractivity contribution in [1.29, 1.82) is 0 Å². The van der Waals surface area contributed by atoms with Crippen LogP contribution in [0.1, 0.15) is 49.2 Å². The maximum atomic E-state index is 5.67. The second-order valence-corrected chi connectivity index (χ2v) is 8.16. The molecule has 0 amide bonds. The highest BCUT2D eigenvalue weighted by atomic mass is 16.5. The highest BCUT2D eigenvalue weighted by Crippen LogP contribution is 2.44. The van der Waals surface area contributed by atoms with Gasteiger partial charge < -0.3 is 10.3 Å². The predicted octanol–water partition coefficient (Wildman–Crippen LogP) is 4.73. The molecule has 2 N–H and O–H groups in total. The van der Waals surface area contributed by atoms with E-state index >= 15 is 0 Å². The summed E-state index contributed by atoms with van der Waals surface area (Å²) < 4.78 is 5.67. The molecule has 7 heteroatoms. The first-order chi connectivity index (χ1) is 15.1. The molecule has 1 aliphatic rings. The number of hydrogen-bond acceptors (Lipinski definition) is 7. The second kappa shape index (κ2) is 7.91. The summed E-state index contributed by atoms with van der Waals surface area (Å²) in [6.45, 7) is 1.96. The van der Waals surface area contributed by atoms with Gasteiger partial charge in [0.05, 0.1) is 11.0 Å². The minimum absolute atomic E-state index is 0.242. The van der Waals surface area contributed by atoms with E-state index in [0.29, 0.717) is 5.89 Å². The fourth-order valence-electron chi connectivity index (χ4n) is 4.39. The Labute approximate surface area is 180 Å². The maximum absolute atomic E-state index is 5.67. The molecule has 1 aromatic carbocycles. The lowest BCUT2D eigenvalue weighted by Crippen LogP contribution is -2.31. The van der Waals surface area contributed by atoms with E-state index in [1.54, 1.807) is 18.6 Å². The standard InChI is InChI=1S/C24H24N6O/c1-16-5-6-18(13-26-16)21-29-22(30-31-21)24(11-3-2-4-12-24)20-9-7-17(8-10-20)19-14-27-23(25)28-15-19/h5-10,13-15H,2-4,11-12H2,1H3,(H2,25,27,28). The van der Waals surface area contributed by atoms with Crippen LogP contribution < -0.4 is 5.73 Å². The maximum Gasteiger partial charge on any atom is 0.259 e. The Morgan fingerprint density at radius 3 is 2.16 bits per heavy atom. The number of aromatic nitrogens is 5. The lowest BCUT2D eigenvalue weighted by atomic mass is 9.68. The normalized spacial score (nSPS) is 15.6. The molecule has 0 bridgehead atoms. The van der Waals surface area contributed by atoms with E-state index in [4.69, 9.17) is 15.2 Å². The molecule has 0 aliphatic heterocycles. The fraction of sp³-hybridized carbons (Fsp3) is 0.292. The molecule has 1 aliphatic carbocycles. The van der Waals surface area contributed by atoms with Gasteiger partial charge >= 0.3 is 0 Å². The second-order valence-electron chi connectivity index (χ2n) is 8.16. The van der Waals surface area contributed by atoms with Crippen LogP contribution in [-0.2, 0) is 5.41 Å². The molecule has 3 heterocycles. The Morgan fingerprint density at radius 1 is 0.806 bits per heavy atom. The van der Waals surface area contributed by atoms with Gasteiger partial charge in [0, 0.05) is 29.8 Å². The molecule has 0 spiro atoms. The van der Waals surface area contributed by atoms with Crippen molar-refractivity contribution in [3.8, 4) is 22.6 Å². The van der Waals surface area contributed by atoms with Crippen molar-refractivity contribution in [3.05, 3.63) is 72.1 Å². The molecule has 31 heavy (non-hydrogen) atoms. The number of rotatable bonds is 4. The van der Waals surface area contributed by atoms with E-state index in [1.165, 1.54) is 12.0 Å². The number of benzene rings is 1. The van der Waals surface area contributed by atoms with E-state index in [9.17, 15) is 0 Å². The SMILES string of the molecule is Cc1ccc(-c2nc(C3(c4ccc(-c5cnc(N)nc5)cc4)CCCCC3)no2)cn1. The average molecular weight is 412 g/mol. The molecule has 156 valence electrons. The Morgan fingerprint density at radius 2 is 1.48 bits per heavy atom. The van der Waals surface area contributed by atoms with Crippen LogP contribution in [-0.4, -0.2) is 25.1 Å². The summed E-state index contributed by atoms with van der Waals surface area (Å²) in [6.07, 6.45) is 10.8. The number of nitrogens with two attached hydrogens (primary N) is 1. The van der Waals surface area contributed by atoms with Crippen LogP contribution in [0.2, 0.25) is 0 Å². The predicted molar refractivity (Wildman–Crippen MR) is 118 cm³/mol. The van der Waals surface area contributed by atoms with E-state index in [2.05, 4.69) is 44.4 Å². The third-order valence-electron chi connectivity index (χ3n) is 6.16. The van der Waals surface area contributed by atoms with Crippen LogP contribution in [0.15, 0.2) is 59.5 Å². The van der Waals surface area contributed by atoms with Crippen molar-refractivity contribution in [2.45, 2.75) is 44.4 Å². The van der Waals surface area contributed by atoms with Crippen LogP contribution in [0.3, 0.4) is 0 Å². The first-order valence-electron chi connectivity index (χ1n) is 10.6. The van der Waals surface area contributed by atoms with Gasteiger partial charge in [-0.15, -0.1) is 0 Å². The summed E-state index contributed by atoms with van der Waals surface area (Å²) in [5.41, 5.74) is 10.4. The van der Waals surface area contributed by atoms with Gasteiger partial charge in [0.25, 0.3) is 5.89 Å². The van der Waals surface area contributed by atoms with Gasteiger partial charge in [0.1, 0.15) is 0 Å². The minimum atomic E-state index is -0.242. The molecule has 3 aromatic heterocycles. The zero-order valence-electron chi connectivity index (χ0n) is 17.5. The summed E-state index contributed by atoms with van der Waals surface area (Å²) in [7, 11) is 0. The third-order valence-corrected chi connectivity index (χ3v) is 6.16. The van der Waals surface area contributed by atoms with E-state index in [-0.39, 0.29) is 11.4 Å². The monoisotopic (exact) mass is 412 g/mol. The van der Waals surface area contributed by atoms with Crippen molar-refractivity contribution >= 4 is 5.95 Å². The molecule has 1 fully saturated rings. The van der Waals surface area contributed by atoms with Gasteiger partial charge in [-0.1, -0.05) is 48.7 Å². The molecule has 0 radical (unpaired) electrons. The molecule has 0 atom stereocenters. The molecule has 5 rings (SSSR count). The van der Waals surface area contributed by atoms with Gasteiger partial charge in [-0.25, -0.2) is 9.97 Å². The molecule has 7 nitrogen and oxygen atoms in total. The summed E-state index contributed by atoms with van der Waals surface area (Å²) in [4.78, 5) is 17.4. The topological polar surface area (TPSA) is 104 Å². The quantitative estimate of drug-likeness (QED) is 0.517. The summed E-state index contributed by atoms with van der Waals surface area (Å²) in [6, 6.07) is 12.5. The molecular weight excluding hydrogens is 388 g/mol. The Balaban J connectivity index is 1.50. The molecular formula is C24H24N6O. The molecule has 0 unspecified atom stereocenters. The lowest BCUT2D eigenvalue weighted by Gasteiger charge is -2.35. The van der Waals surface area contributed by atoms with Crippen molar-refractivity contribution in [2.75, 3.05) is 5.73 Å². The van der Waals surface area contributed by atoms with Crippen LogP contribution in [0.25, 0.3) is 22.6 Å². The zero-order valence-corrected chi connectivity index (χ0v) is 17.5. The number of hydrogen-bond donors (Lipinski definition) is 1. The molecule has 1 saturated carbocycles. The summed E-state index contributed by atoms with van der Waals surface area (Å²) in [5, 5.41) is 4.43. The molecule has 0 saturated heterocycles.